The molecule has 1 heterocycles. The minimum Gasteiger partial charge on any atom is -0.457 e. The van der Waals surface area contributed by atoms with Crippen LogP contribution in [-0.2, 0) is 24.3 Å². The molecule has 0 aromatic heterocycles. The summed E-state index contributed by atoms with van der Waals surface area (Å²) in [5.74, 6) is -1.57. The number of nitro groups is 1. The van der Waals surface area contributed by atoms with Crippen molar-refractivity contribution in [2.45, 2.75) is 43.9 Å². The fourth-order valence-electron chi connectivity index (χ4n) is 3.10. The number of hydrogen-bond acceptors (Lipinski definition) is 7. The molecule has 1 unspecified atom stereocenters. The van der Waals surface area contributed by atoms with Crippen LogP contribution in [0.1, 0.15) is 37.4 Å². The number of cyclic esters (lactones) is 1. The summed E-state index contributed by atoms with van der Waals surface area (Å²) < 4.78 is 39.3. The SMILES string of the molecule is Cc1ccc(S(=O)(=O)NC(CC2=CC(=O)OC(C)(C)O2)c2ccc([N+](=O)[O-])cc2)cc1. The van der Waals surface area contributed by atoms with Gasteiger partial charge in [0.15, 0.2) is 0 Å². The minimum absolute atomic E-state index is 0.00142. The van der Waals surface area contributed by atoms with Gasteiger partial charge in [-0.15, -0.1) is 0 Å². The number of nitro benzene ring substituents is 1. The van der Waals surface area contributed by atoms with Gasteiger partial charge < -0.3 is 9.47 Å². The van der Waals surface area contributed by atoms with E-state index in [4.69, 9.17) is 9.47 Å². The number of nitrogens with zero attached hydrogens (tertiary/aromatic N) is 1. The molecule has 2 aromatic carbocycles. The first-order valence-electron chi connectivity index (χ1n) is 9.41. The third-order valence-corrected chi connectivity index (χ3v) is 6.03. The largest absolute Gasteiger partial charge is 0.457 e. The van der Waals surface area contributed by atoms with Crippen LogP contribution in [-0.4, -0.2) is 25.1 Å². The van der Waals surface area contributed by atoms with Crippen molar-refractivity contribution in [2.75, 3.05) is 0 Å². The van der Waals surface area contributed by atoms with Crippen molar-refractivity contribution in [3.8, 4) is 0 Å². The van der Waals surface area contributed by atoms with E-state index in [1.165, 1.54) is 36.4 Å². The molecule has 0 aliphatic carbocycles. The average Bonchev–Trinajstić information content (AvgIpc) is 2.66. The van der Waals surface area contributed by atoms with Crippen molar-refractivity contribution in [1.29, 1.82) is 0 Å². The first kappa shape index (κ1) is 22.4. The zero-order valence-corrected chi connectivity index (χ0v) is 18.0. The Morgan fingerprint density at radius 3 is 2.23 bits per heavy atom. The molecule has 1 aliphatic heterocycles. The Morgan fingerprint density at radius 2 is 1.68 bits per heavy atom. The molecule has 0 fully saturated rings. The van der Waals surface area contributed by atoms with E-state index in [2.05, 4.69) is 4.72 Å². The lowest BCUT2D eigenvalue weighted by Gasteiger charge is -2.32. The van der Waals surface area contributed by atoms with Crippen LogP contribution in [0.5, 0.6) is 0 Å². The normalized spacial score (nSPS) is 16.6. The molecule has 3 rings (SSSR count). The molecule has 0 spiro atoms. The third-order valence-electron chi connectivity index (χ3n) is 4.54. The van der Waals surface area contributed by atoms with E-state index in [0.717, 1.165) is 11.6 Å². The molecule has 164 valence electrons. The predicted molar refractivity (Wildman–Crippen MR) is 111 cm³/mol. The molecule has 10 heteroatoms. The number of sulfonamides is 1. The quantitative estimate of drug-likeness (QED) is 0.392. The first-order valence-corrected chi connectivity index (χ1v) is 10.9. The van der Waals surface area contributed by atoms with Crippen molar-refractivity contribution < 1.29 is 27.6 Å². The number of nitrogens with one attached hydrogen (secondary N) is 1. The highest BCUT2D eigenvalue weighted by Crippen LogP contribution is 2.31. The van der Waals surface area contributed by atoms with Crippen LogP contribution in [0.15, 0.2) is 65.3 Å². The molecule has 0 bridgehead atoms. The fourth-order valence-corrected chi connectivity index (χ4v) is 4.32. The number of rotatable bonds is 7. The molecule has 0 saturated heterocycles. The molecule has 1 atom stereocenters. The summed E-state index contributed by atoms with van der Waals surface area (Å²) in [5, 5.41) is 11.0. The number of carbonyl (C=O) groups excluding carboxylic acids is 1. The van der Waals surface area contributed by atoms with Crippen LogP contribution in [0, 0.1) is 17.0 Å². The highest BCUT2D eigenvalue weighted by Gasteiger charge is 2.32. The van der Waals surface area contributed by atoms with Crippen LogP contribution in [0.25, 0.3) is 0 Å². The third kappa shape index (κ3) is 5.68. The second-order valence-electron chi connectivity index (χ2n) is 7.57. The van der Waals surface area contributed by atoms with Crippen LogP contribution in [0.4, 0.5) is 5.69 Å². The van der Waals surface area contributed by atoms with Gasteiger partial charge >= 0.3 is 5.97 Å². The molecule has 1 aliphatic rings. The molecule has 1 N–H and O–H groups in total. The number of hydrogen-bond donors (Lipinski definition) is 1. The topological polar surface area (TPSA) is 125 Å². The second-order valence-corrected chi connectivity index (χ2v) is 9.29. The lowest BCUT2D eigenvalue weighted by atomic mass is 10.0. The van der Waals surface area contributed by atoms with Gasteiger partial charge in [0.2, 0.25) is 15.8 Å². The van der Waals surface area contributed by atoms with E-state index in [9.17, 15) is 23.3 Å². The van der Waals surface area contributed by atoms with Gasteiger partial charge in [-0.3, -0.25) is 10.1 Å². The van der Waals surface area contributed by atoms with Crippen molar-refractivity contribution in [3.05, 3.63) is 81.6 Å². The highest BCUT2D eigenvalue weighted by molar-refractivity contribution is 7.89. The predicted octanol–water partition coefficient (Wildman–Crippen LogP) is 3.51. The fraction of sp³-hybridized carbons (Fsp3) is 0.286. The van der Waals surface area contributed by atoms with Crippen molar-refractivity contribution >= 4 is 21.7 Å². The van der Waals surface area contributed by atoms with Crippen molar-refractivity contribution in [3.63, 3.8) is 0 Å². The molecular weight excluding hydrogens is 424 g/mol. The molecule has 31 heavy (non-hydrogen) atoms. The van der Waals surface area contributed by atoms with Crippen LogP contribution in [0.3, 0.4) is 0 Å². The Balaban J connectivity index is 1.95. The number of non-ortho nitro benzene ring substituents is 1. The summed E-state index contributed by atoms with van der Waals surface area (Å²) in [7, 11) is -3.93. The van der Waals surface area contributed by atoms with E-state index < -0.39 is 32.7 Å². The second kappa shape index (κ2) is 8.48. The maximum absolute atomic E-state index is 13.0. The molecule has 9 nitrogen and oxygen atoms in total. The molecular formula is C21H22N2O7S. The average molecular weight is 446 g/mol. The Hall–Kier alpha value is -3.24. The Bertz CT molecular complexity index is 1120. The lowest BCUT2D eigenvalue weighted by Crippen LogP contribution is -2.36. The van der Waals surface area contributed by atoms with Crippen LogP contribution >= 0.6 is 0 Å². The maximum Gasteiger partial charge on any atom is 0.337 e. The standard InChI is InChI=1S/C21H22N2O7S/c1-14-4-10-18(11-5-14)31(27,28)22-19(15-6-8-16(9-7-15)23(25)26)12-17-13-20(24)30-21(2,3)29-17/h4-11,13,19,22H,12H2,1-3H3. The van der Waals surface area contributed by atoms with E-state index in [0.29, 0.717) is 5.56 Å². The molecule has 0 radical (unpaired) electrons. The Labute approximate surface area is 179 Å². The van der Waals surface area contributed by atoms with Crippen molar-refractivity contribution in [2.24, 2.45) is 0 Å². The summed E-state index contributed by atoms with van der Waals surface area (Å²) in [6.45, 7) is 4.97. The number of esters is 1. The summed E-state index contributed by atoms with van der Waals surface area (Å²) in [6, 6.07) is 11.0. The van der Waals surface area contributed by atoms with Gasteiger partial charge in [-0.25, -0.2) is 17.9 Å². The number of ether oxygens (including phenoxy) is 2. The minimum atomic E-state index is -3.93. The van der Waals surface area contributed by atoms with Crippen LogP contribution in [0.2, 0.25) is 0 Å². The lowest BCUT2D eigenvalue weighted by molar-refractivity contribution is -0.384. The van der Waals surface area contributed by atoms with Gasteiger partial charge in [0.05, 0.1) is 21.9 Å². The van der Waals surface area contributed by atoms with Gasteiger partial charge in [-0.1, -0.05) is 29.8 Å². The van der Waals surface area contributed by atoms with E-state index >= 15 is 0 Å². The maximum atomic E-state index is 13.0. The zero-order valence-electron chi connectivity index (χ0n) is 17.2. The summed E-state index contributed by atoms with van der Waals surface area (Å²) >= 11 is 0. The first-order chi connectivity index (χ1) is 14.4. The van der Waals surface area contributed by atoms with E-state index in [1.807, 2.05) is 6.92 Å². The van der Waals surface area contributed by atoms with Gasteiger partial charge in [0.25, 0.3) is 5.69 Å². The van der Waals surface area contributed by atoms with Gasteiger partial charge in [0, 0.05) is 32.4 Å². The summed E-state index contributed by atoms with van der Waals surface area (Å²) in [5.41, 5.74) is 1.26. The van der Waals surface area contributed by atoms with Gasteiger partial charge in [-0.05, 0) is 24.6 Å². The molecule has 0 saturated carbocycles. The smallest absolute Gasteiger partial charge is 0.337 e. The highest BCUT2D eigenvalue weighted by atomic mass is 32.2. The molecule has 0 amide bonds. The van der Waals surface area contributed by atoms with Crippen molar-refractivity contribution in [1.82, 2.24) is 4.72 Å². The number of aryl methyl sites for hydroxylation is 1. The Kier molecular flexibility index (Phi) is 6.14. The number of carbonyl (C=O) groups is 1. The van der Waals surface area contributed by atoms with E-state index in [-0.39, 0.29) is 22.8 Å². The van der Waals surface area contributed by atoms with Gasteiger partial charge in [0.1, 0.15) is 5.76 Å². The summed E-state index contributed by atoms with van der Waals surface area (Å²) in [6.07, 6.45) is 1.16. The summed E-state index contributed by atoms with van der Waals surface area (Å²) in [4.78, 5) is 22.4. The van der Waals surface area contributed by atoms with Gasteiger partial charge in [-0.2, -0.15) is 0 Å². The Morgan fingerprint density at radius 1 is 1.06 bits per heavy atom. The molecule has 2 aromatic rings. The monoisotopic (exact) mass is 446 g/mol. The van der Waals surface area contributed by atoms with Crippen LogP contribution < -0.4 is 4.72 Å². The number of benzene rings is 2. The van der Waals surface area contributed by atoms with E-state index in [1.54, 1.807) is 26.0 Å². The zero-order chi connectivity index (χ0) is 22.8.